The summed E-state index contributed by atoms with van der Waals surface area (Å²) in [4.78, 5) is 30.4. The normalized spacial score (nSPS) is 22.3. The van der Waals surface area contributed by atoms with E-state index in [4.69, 9.17) is 5.73 Å². The molecule has 1 aromatic carbocycles. The molecule has 26 heavy (non-hydrogen) atoms. The number of nitrogens with zero attached hydrogens (tertiary/aromatic N) is 3. The van der Waals surface area contributed by atoms with Gasteiger partial charge in [-0.05, 0) is 25.3 Å². The summed E-state index contributed by atoms with van der Waals surface area (Å²) < 4.78 is 0. The Morgan fingerprint density at radius 2 is 1.85 bits per heavy atom. The molecule has 1 aromatic rings. The lowest BCUT2D eigenvalue weighted by atomic mass is 9.97. The Labute approximate surface area is 155 Å². The standard InChI is InChI=1S/C20H30N4O2/c1-16-4-2-5-17(12-16)13-22-8-10-23(11-9-22)15-19(25)24-7-3-6-18(14-24)20(21)26/h2,4-5,12,18H,3,6-11,13-15H2,1H3,(H2,21,26). The fourth-order valence-electron chi connectivity index (χ4n) is 3.90. The second-order valence-corrected chi connectivity index (χ2v) is 7.62. The molecular formula is C20H30N4O2. The number of aryl methyl sites for hydroxylation is 1. The number of hydrogen-bond acceptors (Lipinski definition) is 4. The monoisotopic (exact) mass is 358 g/mol. The average Bonchev–Trinajstić information content (AvgIpc) is 2.63. The number of benzene rings is 1. The first-order valence-corrected chi connectivity index (χ1v) is 9.58. The molecule has 2 N–H and O–H groups in total. The van der Waals surface area contributed by atoms with Gasteiger partial charge in [0.25, 0.3) is 0 Å². The quantitative estimate of drug-likeness (QED) is 0.847. The van der Waals surface area contributed by atoms with Gasteiger partial charge in [-0.3, -0.25) is 19.4 Å². The van der Waals surface area contributed by atoms with Crippen LogP contribution in [0.25, 0.3) is 0 Å². The molecule has 2 fully saturated rings. The van der Waals surface area contributed by atoms with Gasteiger partial charge in [-0.1, -0.05) is 29.8 Å². The molecule has 6 heteroatoms. The Balaban J connectivity index is 1.43. The first kappa shape index (κ1) is 18.9. The summed E-state index contributed by atoms with van der Waals surface area (Å²) in [7, 11) is 0. The van der Waals surface area contributed by atoms with E-state index in [-0.39, 0.29) is 17.7 Å². The third kappa shape index (κ3) is 5.05. The maximum atomic E-state index is 12.6. The fourth-order valence-corrected chi connectivity index (χ4v) is 3.90. The number of carbonyl (C=O) groups is 2. The second-order valence-electron chi connectivity index (χ2n) is 7.62. The van der Waals surface area contributed by atoms with Crippen molar-refractivity contribution in [1.82, 2.24) is 14.7 Å². The lowest BCUT2D eigenvalue weighted by Gasteiger charge is -2.37. The number of carbonyl (C=O) groups excluding carboxylic acids is 2. The van der Waals surface area contributed by atoms with Gasteiger partial charge in [-0.2, -0.15) is 0 Å². The molecule has 2 amide bonds. The van der Waals surface area contributed by atoms with Crippen LogP contribution in [0.15, 0.2) is 24.3 Å². The van der Waals surface area contributed by atoms with E-state index in [0.29, 0.717) is 13.1 Å². The van der Waals surface area contributed by atoms with Gasteiger partial charge < -0.3 is 10.6 Å². The zero-order valence-corrected chi connectivity index (χ0v) is 15.7. The Morgan fingerprint density at radius 1 is 1.12 bits per heavy atom. The second kappa shape index (κ2) is 8.64. The number of rotatable bonds is 5. The van der Waals surface area contributed by atoms with E-state index in [1.165, 1.54) is 11.1 Å². The van der Waals surface area contributed by atoms with Crippen molar-refractivity contribution in [2.24, 2.45) is 11.7 Å². The molecule has 2 saturated heterocycles. The zero-order valence-electron chi connectivity index (χ0n) is 15.7. The molecule has 6 nitrogen and oxygen atoms in total. The van der Waals surface area contributed by atoms with Crippen LogP contribution in [-0.2, 0) is 16.1 Å². The van der Waals surface area contributed by atoms with E-state index in [9.17, 15) is 9.59 Å². The molecule has 0 aliphatic carbocycles. The minimum absolute atomic E-state index is 0.128. The van der Waals surface area contributed by atoms with Gasteiger partial charge in [0.1, 0.15) is 0 Å². The minimum Gasteiger partial charge on any atom is -0.369 e. The summed E-state index contributed by atoms with van der Waals surface area (Å²) in [6.07, 6.45) is 1.67. The highest BCUT2D eigenvalue weighted by molar-refractivity contribution is 5.81. The van der Waals surface area contributed by atoms with Gasteiger partial charge in [0, 0.05) is 45.8 Å². The highest BCUT2D eigenvalue weighted by atomic mass is 16.2. The number of piperazine rings is 1. The van der Waals surface area contributed by atoms with Gasteiger partial charge in [-0.25, -0.2) is 0 Å². The first-order chi connectivity index (χ1) is 12.5. The van der Waals surface area contributed by atoms with Crippen LogP contribution in [0.1, 0.15) is 24.0 Å². The summed E-state index contributed by atoms with van der Waals surface area (Å²) >= 11 is 0. The maximum Gasteiger partial charge on any atom is 0.236 e. The smallest absolute Gasteiger partial charge is 0.236 e. The Bertz CT molecular complexity index is 640. The summed E-state index contributed by atoms with van der Waals surface area (Å²) in [6.45, 7) is 8.54. The molecule has 2 aliphatic heterocycles. The van der Waals surface area contributed by atoms with Crippen molar-refractivity contribution in [3.8, 4) is 0 Å². The Kier molecular flexibility index (Phi) is 6.27. The van der Waals surface area contributed by atoms with Crippen LogP contribution in [0, 0.1) is 12.8 Å². The van der Waals surface area contributed by atoms with Crippen LogP contribution >= 0.6 is 0 Å². The molecule has 0 aromatic heterocycles. The molecule has 142 valence electrons. The van der Waals surface area contributed by atoms with Gasteiger partial charge in [0.05, 0.1) is 12.5 Å². The number of hydrogen-bond donors (Lipinski definition) is 1. The van der Waals surface area contributed by atoms with E-state index in [0.717, 1.165) is 52.1 Å². The van der Waals surface area contributed by atoms with Crippen molar-refractivity contribution >= 4 is 11.8 Å². The lowest BCUT2D eigenvalue weighted by Crippen LogP contribution is -2.51. The molecule has 2 heterocycles. The molecule has 2 aliphatic rings. The Morgan fingerprint density at radius 3 is 2.54 bits per heavy atom. The summed E-state index contributed by atoms with van der Waals surface area (Å²) in [6, 6.07) is 8.64. The Hall–Kier alpha value is -1.92. The molecule has 1 unspecified atom stereocenters. The molecule has 3 rings (SSSR count). The molecular weight excluding hydrogens is 328 g/mol. The van der Waals surface area contributed by atoms with Crippen LogP contribution in [0.2, 0.25) is 0 Å². The summed E-state index contributed by atoms with van der Waals surface area (Å²) in [5, 5.41) is 0. The maximum absolute atomic E-state index is 12.6. The average molecular weight is 358 g/mol. The SMILES string of the molecule is Cc1cccc(CN2CCN(CC(=O)N3CCCC(C(N)=O)C3)CC2)c1. The minimum atomic E-state index is -0.285. The number of piperidine rings is 1. The van der Waals surface area contributed by atoms with Crippen LogP contribution in [0.3, 0.4) is 0 Å². The van der Waals surface area contributed by atoms with Crippen molar-refractivity contribution in [3.05, 3.63) is 35.4 Å². The number of likely N-dealkylation sites (tertiary alicyclic amines) is 1. The van der Waals surface area contributed by atoms with Gasteiger partial charge >= 0.3 is 0 Å². The van der Waals surface area contributed by atoms with Crippen molar-refractivity contribution in [3.63, 3.8) is 0 Å². The summed E-state index contributed by atoms with van der Waals surface area (Å²) in [5.74, 6) is -0.339. The molecule has 0 saturated carbocycles. The van der Waals surface area contributed by atoms with E-state index in [1.54, 1.807) is 0 Å². The third-order valence-corrected chi connectivity index (χ3v) is 5.49. The molecule has 1 atom stereocenters. The highest BCUT2D eigenvalue weighted by Crippen LogP contribution is 2.17. The van der Waals surface area contributed by atoms with Crippen LogP contribution in [-0.4, -0.2) is 72.3 Å². The van der Waals surface area contributed by atoms with E-state index >= 15 is 0 Å². The highest BCUT2D eigenvalue weighted by Gasteiger charge is 2.28. The van der Waals surface area contributed by atoms with Crippen molar-refractivity contribution in [2.75, 3.05) is 45.8 Å². The predicted molar refractivity (Wildman–Crippen MR) is 101 cm³/mol. The third-order valence-electron chi connectivity index (χ3n) is 5.49. The molecule has 0 spiro atoms. The van der Waals surface area contributed by atoms with Crippen LogP contribution in [0.4, 0.5) is 0 Å². The van der Waals surface area contributed by atoms with Crippen molar-refractivity contribution < 1.29 is 9.59 Å². The van der Waals surface area contributed by atoms with Gasteiger partial charge in [0.15, 0.2) is 0 Å². The van der Waals surface area contributed by atoms with Gasteiger partial charge in [-0.15, -0.1) is 0 Å². The van der Waals surface area contributed by atoms with Crippen molar-refractivity contribution in [1.29, 1.82) is 0 Å². The predicted octanol–water partition coefficient (Wildman–Crippen LogP) is 0.837. The largest absolute Gasteiger partial charge is 0.369 e. The van der Waals surface area contributed by atoms with E-state index < -0.39 is 0 Å². The topological polar surface area (TPSA) is 69.9 Å². The summed E-state index contributed by atoms with van der Waals surface area (Å²) in [5.41, 5.74) is 8.05. The van der Waals surface area contributed by atoms with Crippen LogP contribution in [0.5, 0.6) is 0 Å². The molecule has 0 radical (unpaired) electrons. The first-order valence-electron chi connectivity index (χ1n) is 9.58. The fraction of sp³-hybridized carbons (Fsp3) is 0.600. The number of amides is 2. The van der Waals surface area contributed by atoms with Crippen LogP contribution < -0.4 is 5.73 Å². The van der Waals surface area contributed by atoms with Gasteiger partial charge in [0.2, 0.25) is 11.8 Å². The van der Waals surface area contributed by atoms with E-state index in [1.807, 2.05) is 4.90 Å². The zero-order chi connectivity index (χ0) is 18.5. The molecule has 0 bridgehead atoms. The number of primary amides is 1. The number of nitrogens with two attached hydrogens (primary N) is 1. The van der Waals surface area contributed by atoms with E-state index in [2.05, 4.69) is 41.0 Å². The van der Waals surface area contributed by atoms with Crippen molar-refractivity contribution in [2.45, 2.75) is 26.3 Å². The lowest BCUT2D eigenvalue weighted by molar-refractivity contribution is -0.136.